The lowest BCUT2D eigenvalue weighted by atomic mass is 9.75. The molecule has 4 bridgehead atoms. The molecule has 1 N–H and O–H groups in total. The van der Waals surface area contributed by atoms with Crippen molar-refractivity contribution in [3.8, 4) is 0 Å². The number of halogens is 9. The third-order valence-corrected chi connectivity index (χ3v) is 10.6. The predicted molar refractivity (Wildman–Crippen MR) is 145 cm³/mol. The number of rotatable bonds is 13. The summed E-state index contributed by atoms with van der Waals surface area (Å²) in [5.74, 6) is -10.2. The lowest BCUT2D eigenvalue weighted by Gasteiger charge is -2.41. The quantitative estimate of drug-likeness (QED) is 0.0774. The van der Waals surface area contributed by atoms with Crippen LogP contribution in [0.1, 0.15) is 57.8 Å². The molecule has 0 spiro atoms. The highest BCUT2D eigenvalue weighted by Crippen LogP contribution is 2.61. The Morgan fingerprint density at radius 1 is 0.812 bits per heavy atom. The highest BCUT2D eigenvalue weighted by molar-refractivity contribution is 5.93. The molecule has 4 aliphatic carbocycles. The first-order valence-electron chi connectivity index (χ1n) is 15.4. The Bertz CT molecular complexity index is 1260. The summed E-state index contributed by atoms with van der Waals surface area (Å²) in [5, 5.41) is 10.2. The molecule has 4 saturated carbocycles. The van der Waals surface area contributed by atoms with Gasteiger partial charge in [-0.15, -0.1) is 0 Å². The number of carbonyl (C=O) groups is 3. The number of carbonyl (C=O) groups excluding carboxylic acids is 3. The van der Waals surface area contributed by atoms with E-state index in [1.165, 1.54) is 0 Å². The molecule has 0 aromatic heterocycles. The fourth-order valence-corrected chi connectivity index (χ4v) is 8.46. The van der Waals surface area contributed by atoms with Gasteiger partial charge in [-0.2, -0.15) is 39.5 Å². The highest BCUT2D eigenvalue weighted by atomic mass is 19.4. The number of hydrogen-bond acceptors (Lipinski definition) is 8. The minimum Gasteiger partial charge on any atom is -0.469 e. The molecule has 8 unspecified atom stereocenters. The summed E-state index contributed by atoms with van der Waals surface area (Å²) < 4.78 is 146. The summed E-state index contributed by atoms with van der Waals surface area (Å²) in [6.07, 6.45) is -18.8. The number of methoxy groups -OCH3 is 1. The fraction of sp³-hybridized carbons (Fsp3) is 0.774. The molecule has 0 aromatic rings. The average molecular weight is 709 g/mol. The van der Waals surface area contributed by atoms with Crippen molar-refractivity contribution in [2.24, 2.45) is 41.4 Å². The summed E-state index contributed by atoms with van der Waals surface area (Å²) >= 11 is 0. The van der Waals surface area contributed by atoms with E-state index >= 15 is 0 Å². The first-order valence-corrected chi connectivity index (χ1v) is 15.4. The number of esters is 3. The summed E-state index contributed by atoms with van der Waals surface area (Å²) in [6.45, 7) is 5.40. The van der Waals surface area contributed by atoms with E-state index in [9.17, 15) is 59.0 Å². The van der Waals surface area contributed by atoms with E-state index in [2.05, 4.69) is 22.6 Å². The molecule has 17 heteroatoms. The fourth-order valence-electron chi connectivity index (χ4n) is 8.46. The molecule has 0 amide bonds. The second kappa shape index (κ2) is 13.4. The Labute approximate surface area is 270 Å². The molecule has 4 fully saturated rings. The van der Waals surface area contributed by atoms with Gasteiger partial charge in [0.15, 0.2) is 11.4 Å². The maximum Gasteiger partial charge on any atom is 0.437 e. The number of fused-ring (bicyclic) bond motifs is 4. The van der Waals surface area contributed by atoms with Crippen LogP contribution in [0.25, 0.3) is 0 Å². The average Bonchev–Trinajstić information content (AvgIpc) is 3.74. The Morgan fingerprint density at radius 3 is 1.96 bits per heavy atom. The summed E-state index contributed by atoms with van der Waals surface area (Å²) in [6, 6.07) is 0. The van der Waals surface area contributed by atoms with Gasteiger partial charge in [0, 0.05) is 12.0 Å². The highest BCUT2D eigenvalue weighted by Gasteiger charge is 2.75. The van der Waals surface area contributed by atoms with Crippen LogP contribution in [0.4, 0.5) is 39.5 Å². The number of hydrogen-bond donors (Lipinski definition) is 1. The van der Waals surface area contributed by atoms with Crippen molar-refractivity contribution in [1.29, 1.82) is 0 Å². The van der Waals surface area contributed by atoms with Crippen LogP contribution >= 0.6 is 0 Å². The molecule has 8 nitrogen and oxygen atoms in total. The lowest BCUT2D eigenvalue weighted by molar-refractivity contribution is -0.376. The molecule has 0 radical (unpaired) electrons. The summed E-state index contributed by atoms with van der Waals surface area (Å²) in [7, 11) is 1.09. The number of ether oxygens (including phenoxy) is 4. The zero-order valence-electron chi connectivity index (χ0n) is 25.9. The van der Waals surface area contributed by atoms with Crippen LogP contribution in [-0.4, -0.2) is 73.1 Å². The van der Waals surface area contributed by atoms with E-state index in [4.69, 9.17) is 9.47 Å². The van der Waals surface area contributed by atoms with Gasteiger partial charge in [0.25, 0.3) is 5.60 Å². The van der Waals surface area contributed by atoms with Gasteiger partial charge in [-0.05, 0) is 93.0 Å². The lowest BCUT2D eigenvalue weighted by Crippen LogP contribution is -2.60. The van der Waals surface area contributed by atoms with E-state index in [1.807, 2.05) is 0 Å². The van der Waals surface area contributed by atoms with Gasteiger partial charge >= 0.3 is 36.4 Å². The van der Waals surface area contributed by atoms with Crippen molar-refractivity contribution in [2.45, 2.75) is 87.5 Å². The zero-order valence-corrected chi connectivity index (χ0v) is 25.9. The van der Waals surface area contributed by atoms with Crippen molar-refractivity contribution in [2.75, 3.05) is 20.3 Å². The third kappa shape index (κ3) is 7.30. The third-order valence-electron chi connectivity index (χ3n) is 10.6. The smallest absolute Gasteiger partial charge is 0.437 e. The first kappa shape index (κ1) is 37.8. The van der Waals surface area contributed by atoms with Crippen molar-refractivity contribution in [3.05, 3.63) is 24.5 Å². The Kier molecular flexibility index (Phi) is 10.5. The van der Waals surface area contributed by atoms with Gasteiger partial charge in [0.2, 0.25) is 0 Å². The predicted octanol–water partition coefficient (Wildman–Crippen LogP) is 6.37. The van der Waals surface area contributed by atoms with Gasteiger partial charge < -0.3 is 24.1 Å². The van der Waals surface area contributed by atoms with Gasteiger partial charge in [-0.25, -0.2) is 9.59 Å². The largest absolute Gasteiger partial charge is 0.469 e. The molecule has 8 atom stereocenters. The van der Waals surface area contributed by atoms with Gasteiger partial charge in [-0.3, -0.25) is 4.79 Å². The molecule has 4 aliphatic rings. The van der Waals surface area contributed by atoms with Crippen LogP contribution in [0.2, 0.25) is 0 Å². The molecule has 4 rings (SSSR count). The minimum absolute atomic E-state index is 0.00776. The molecule has 0 saturated heterocycles. The SMILES string of the molecule is C=C(CC(=O)OC)C(=O)OCC1CC2CC(CC(OC(=C)C(=O)OCCC3CC4CC3C(O)(C(F)(F)F)C4)(C(F)(F)F)C(F)(F)F)C1C2. The molecule has 272 valence electrons. The summed E-state index contributed by atoms with van der Waals surface area (Å²) in [5.41, 5.74) is -8.02. The molecular formula is C31H37F9O8. The molecule has 0 aromatic carbocycles. The monoisotopic (exact) mass is 708 g/mol. The molecular weight excluding hydrogens is 671 g/mol. The Balaban J connectivity index is 1.39. The molecule has 48 heavy (non-hydrogen) atoms. The second-order valence-electron chi connectivity index (χ2n) is 13.5. The van der Waals surface area contributed by atoms with Gasteiger partial charge in [-0.1, -0.05) is 6.58 Å². The zero-order chi connectivity index (χ0) is 36.0. The number of alkyl halides is 9. The Hall–Kier alpha value is -2.98. The van der Waals surface area contributed by atoms with Crippen LogP contribution in [0.3, 0.4) is 0 Å². The van der Waals surface area contributed by atoms with Crippen molar-refractivity contribution in [3.63, 3.8) is 0 Å². The maximum atomic E-state index is 14.4. The van der Waals surface area contributed by atoms with Crippen molar-refractivity contribution >= 4 is 17.9 Å². The van der Waals surface area contributed by atoms with E-state index < -0.39 is 115 Å². The van der Waals surface area contributed by atoms with Crippen molar-refractivity contribution in [1.82, 2.24) is 0 Å². The van der Waals surface area contributed by atoms with Crippen molar-refractivity contribution < 1.29 is 78.0 Å². The van der Waals surface area contributed by atoms with Crippen LogP contribution in [0, 0.1) is 41.4 Å². The van der Waals surface area contributed by atoms with E-state index in [1.54, 1.807) is 0 Å². The second-order valence-corrected chi connectivity index (χ2v) is 13.5. The van der Waals surface area contributed by atoms with Gasteiger partial charge in [0.1, 0.15) is 0 Å². The Morgan fingerprint density at radius 2 is 1.42 bits per heavy atom. The van der Waals surface area contributed by atoms with E-state index in [0.29, 0.717) is 6.42 Å². The standard InChI is InChI=1S/C31H37F9O8/c1-15(6-24(41)45-3)25(42)47-14-21-8-17-7-20(22(21)10-17)13-28(30(35,36)37,31(38,39)40)48-16(2)26(43)46-5-4-19-9-18-11-23(19)27(44,12-18)29(32,33)34/h17-23,44H,1-2,4-14H2,3H3. The van der Waals surface area contributed by atoms with Crippen LogP contribution in [0.5, 0.6) is 0 Å². The molecule has 0 aliphatic heterocycles. The minimum atomic E-state index is -6.07. The summed E-state index contributed by atoms with van der Waals surface area (Å²) in [4.78, 5) is 36.1. The first-order chi connectivity index (χ1) is 22.0. The van der Waals surface area contributed by atoms with Crippen LogP contribution < -0.4 is 0 Å². The van der Waals surface area contributed by atoms with E-state index in [0.717, 1.165) is 7.11 Å². The van der Waals surface area contributed by atoms with Gasteiger partial charge in [0.05, 0.1) is 26.7 Å². The van der Waals surface area contributed by atoms with Crippen LogP contribution in [-0.2, 0) is 33.3 Å². The molecule has 0 heterocycles. The maximum absolute atomic E-state index is 14.4. The van der Waals surface area contributed by atoms with Crippen LogP contribution in [0.15, 0.2) is 24.5 Å². The normalized spacial score (nSPS) is 31.4. The topological polar surface area (TPSA) is 108 Å². The van der Waals surface area contributed by atoms with E-state index in [-0.39, 0.29) is 50.2 Å². The number of aliphatic hydroxyl groups is 1.